The molecule has 0 fully saturated rings. The van der Waals surface area contributed by atoms with Crippen LogP contribution in [0.1, 0.15) is 15.9 Å². The lowest BCUT2D eigenvalue weighted by atomic mass is 10.0. The van der Waals surface area contributed by atoms with Crippen molar-refractivity contribution >= 4 is 44.9 Å². The van der Waals surface area contributed by atoms with Gasteiger partial charge in [-0.3, -0.25) is 4.79 Å². The van der Waals surface area contributed by atoms with Crippen LogP contribution >= 0.6 is 39.1 Å². The van der Waals surface area contributed by atoms with E-state index in [2.05, 4.69) is 15.9 Å². The molecule has 0 radical (unpaired) electrons. The van der Waals surface area contributed by atoms with Crippen LogP contribution in [0.3, 0.4) is 0 Å². The van der Waals surface area contributed by atoms with Crippen LogP contribution in [0, 0.1) is 5.82 Å². The van der Waals surface area contributed by atoms with Crippen LogP contribution in [0.15, 0.2) is 40.9 Å². The van der Waals surface area contributed by atoms with Crippen molar-refractivity contribution in [1.82, 2.24) is 0 Å². The van der Waals surface area contributed by atoms with Crippen LogP contribution in [0.25, 0.3) is 0 Å². The zero-order valence-corrected chi connectivity index (χ0v) is 12.7. The van der Waals surface area contributed by atoms with Crippen LogP contribution in [-0.2, 0) is 6.42 Å². The Labute approximate surface area is 128 Å². The molecular weight excluding hydrogens is 354 g/mol. The van der Waals surface area contributed by atoms with E-state index in [-0.39, 0.29) is 17.2 Å². The van der Waals surface area contributed by atoms with Gasteiger partial charge in [-0.25, -0.2) is 4.39 Å². The zero-order valence-electron chi connectivity index (χ0n) is 9.59. The first-order chi connectivity index (χ1) is 8.97. The largest absolute Gasteiger partial charge is 0.294 e. The highest BCUT2D eigenvalue weighted by atomic mass is 79.9. The number of halogens is 4. The zero-order chi connectivity index (χ0) is 14.0. The van der Waals surface area contributed by atoms with Crippen molar-refractivity contribution in [2.24, 2.45) is 0 Å². The molecule has 0 atom stereocenters. The molecule has 0 aliphatic carbocycles. The monoisotopic (exact) mass is 360 g/mol. The predicted octanol–water partition coefficient (Wildman–Crippen LogP) is 5.32. The summed E-state index contributed by atoms with van der Waals surface area (Å²) in [6.07, 6.45) is 0.0788. The maximum Gasteiger partial charge on any atom is 0.168 e. The highest BCUT2D eigenvalue weighted by molar-refractivity contribution is 9.10. The molecule has 0 amide bonds. The fourth-order valence-electron chi connectivity index (χ4n) is 1.65. The third-order valence-corrected chi connectivity index (χ3v) is 3.69. The van der Waals surface area contributed by atoms with E-state index >= 15 is 0 Å². The molecule has 0 N–H and O–H groups in total. The van der Waals surface area contributed by atoms with Gasteiger partial charge in [0.1, 0.15) is 5.82 Å². The van der Waals surface area contributed by atoms with E-state index in [4.69, 9.17) is 23.2 Å². The first-order valence-electron chi connectivity index (χ1n) is 5.39. The first kappa shape index (κ1) is 14.5. The van der Waals surface area contributed by atoms with Gasteiger partial charge in [0, 0.05) is 16.5 Å². The number of hydrogen-bond donors (Lipinski definition) is 0. The van der Waals surface area contributed by atoms with E-state index in [9.17, 15) is 9.18 Å². The van der Waals surface area contributed by atoms with Crippen molar-refractivity contribution in [1.29, 1.82) is 0 Å². The molecule has 0 unspecified atom stereocenters. The molecule has 98 valence electrons. The number of hydrogen-bond acceptors (Lipinski definition) is 1. The molecule has 2 aromatic carbocycles. The summed E-state index contributed by atoms with van der Waals surface area (Å²) < 4.78 is 14.1. The molecule has 0 saturated carbocycles. The van der Waals surface area contributed by atoms with Gasteiger partial charge < -0.3 is 0 Å². The van der Waals surface area contributed by atoms with Crippen LogP contribution < -0.4 is 0 Å². The predicted molar refractivity (Wildman–Crippen MR) is 78.6 cm³/mol. The lowest BCUT2D eigenvalue weighted by Crippen LogP contribution is -2.04. The lowest BCUT2D eigenvalue weighted by molar-refractivity contribution is 0.0993. The number of carbonyl (C=O) groups excluding carboxylic acids is 1. The quantitative estimate of drug-likeness (QED) is 0.676. The van der Waals surface area contributed by atoms with Gasteiger partial charge in [0.05, 0.1) is 10.0 Å². The Morgan fingerprint density at radius 3 is 2.47 bits per heavy atom. The van der Waals surface area contributed by atoms with E-state index in [1.165, 1.54) is 12.1 Å². The lowest BCUT2D eigenvalue weighted by Gasteiger charge is -2.05. The second-order valence-electron chi connectivity index (χ2n) is 3.97. The van der Waals surface area contributed by atoms with Crippen molar-refractivity contribution in [3.05, 3.63) is 67.9 Å². The molecule has 0 heterocycles. The third kappa shape index (κ3) is 3.56. The first-order valence-corrected chi connectivity index (χ1v) is 6.94. The van der Waals surface area contributed by atoms with Crippen molar-refractivity contribution in [2.45, 2.75) is 6.42 Å². The van der Waals surface area contributed by atoms with E-state index in [1.807, 2.05) is 0 Å². The Morgan fingerprint density at radius 2 is 1.84 bits per heavy atom. The van der Waals surface area contributed by atoms with Crippen molar-refractivity contribution in [3.8, 4) is 0 Å². The molecule has 5 heteroatoms. The van der Waals surface area contributed by atoms with Gasteiger partial charge in [0.25, 0.3) is 0 Å². The molecule has 0 aromatic heterocycles. The van der Waals surface area contributed by atoms with Crippen LogP contribution in [-0.4, -0.2) is 5.78 Å². The Balaban J connectivity index is 2.23. The summed E-state index contributed by atoms with van der Waals surface area (Å²) in [7, 11) is 0. The summed E-state index contributed by atoms with van der Waals surface area (Å²) in [5, 5.41) is 0.409. The minimum absolute atomic E-state index is 0.0397. The molecule has 0 aliphatic rings. The standard InChI is InChI=1S/C14H8BrCl2FO/c15-9-2-3-10(12(17)7-9)14(19)6-8-1-4-11(16)13(18)5-8/h1-5,7H,6H2. The van der Waals surface area contributed by atoms with Crippen LogP contribution in [0.2, 0.25) is 10.0 Å². The summed E-state index contributed by atoms with van der Waals surface area (Å²) in [5.41, 5.74) is 0.978. The van der Waals surface area contributed by atoms with Crippen LogP contribution in [0.4, 0.5) is 4.39 Å². The Hall–Kier alpha value is -0.900. The molecule has 2 rings (SSSR count). The van der Waals surface area contributed by atoms with E-state index in [1.54, 1.807) is 24.3 Å². The van der Waals surface area contributed by atoms with Crippen molar-refractivity contribution in [3.63, 3.8) is 0 Å². The van der Waals surface area contributed by atoms with E-state index in [0.717, 1.165) is 4.47 Å². The fraction of sp³-hybridized carbons (Fsp3) is 0.0714. The second-order valence-corrected chi connectivity index (χ2v) is 5.70. The molecule has 1 nitrogen and oxygen atoms in total. The summed E-state index contributed by atoms with van der Waals surface area (Å²) in [5.74, 6) is -0.701. The topological polar surface area (TPSA) is 17.1 Å². The van der Waals surface area contributed by atoms with Gasteiger partial charge in [0.15, 0.2) is 5.78 Å². The average Bonchev–Trinajstić information content (AvgIpc) is 2.33. The molecule has 0 spiro atoms. The summed E-state index contributed by atoms with van der Waals surface area (Å²) in [6, 6.07) is 9.34. The molecule has 0 bridgehead atoms. The Kier molecular flexibility index (Phi) is 4.61. The molecule has 19 heavy (non-hydrogen) atoms. The van der Waals surface area contributed by atoms with Gasteiger partial charge >= 0.3 is 0 Å². The van der Waals surface area contributed by atoms with E-state index < -0.39 is 5.82 Å². The number of benzene rings is 2. The summed E-state index contributed by atoms with van der Waals surface area (Å²) in [6.45, 7) is 0. The van der Waals surface area contributed by atoms with Gasteiger partial charge in [0.2, 0.25) is 0 Å². The third-order valence-electron chi connectivity index (χ3n) is 2.58. The minimum Gasteiger partial charge on any atom is -0.294 e. The fourth-order valence-corrected chi connectivity index (χ4v) is 2.54. The molecule has 0 aliphatic heterocycles. The van der Waals surface area contributed by atoms with Gasteiger partial charge in [-0.1, -0.05) is 45.2 Å². The number of rotatable bonds is 3. The Morgan fingerprint density at radius 1 is 1.11 bits per heavy atom. The molecule has 2 aromatic rings. The highest BCUT2D eigenvalue weighted by Gasteiger charge is 2.12. The number of Topliss-reactive ketones (excluding diaryl/α,β-unsaturated/α-hetero) is 1. The van der Waals surface area contributed by atoms with Crippen molar-refractivity contribution in [2.75, 3.05) is 0 Å². The van der Waals surface area contributed by atoms with Crippen molar-refractivity contribution < 1.29 is 9.18 Å². The highest BCUT2D eigenvalue weighted by Crippen LogP contribution is 2.23. The van der Waals surface area contributed by atoms with Gasteiger partial charge in [-0.05, 0) is 35.9 Å². The summed E-state index contributed by atoms with van der Waals surface area (Å²) in [4.78, 5) is 12.1. The van der Waals surface area contributed by atoms with Gasteiger partial charge in [-0.15, -0.1) is 0 Å². The number of ketones is 1. The van der Waals surface area contributed by atoms with Gasteiger partial charge in [-0.2, -0.15) is 0 Å². The molecular formula is C14H8BrCl2FO. The summed E-state index contributed by atoms with van der Waals surface area (Å²) >= 11 is 14.9. The normalized spacial score (nSPS) is 10.5. The number of carbonyl (C=O) groups is 1. The van der Waals surface area contributed by atoms with Crippen LogP contribution in [0.5, 0.6) is 0 Å². The maximum absolute atomic E-state index is 13.3. The second kappa shape index (κ2) is 6.04. The minimum atomic E-state index is -0.533. The van der Waals surface area contributed by atoms with E-state index in [0.29, 0.717) is 16.1 Å². The maximum atomic E-state index is 13.3. The molecule has 0 saturated heterocycles. The SMILES string of the molecule is O=C(Cc1ccc(Cl)c(F)c1)c1ccc(Br)cc1Cl. The Bertz CT molecular complexity index is 643. The average molecular weight is 362 g/mol. The smallest absolute Gasteiger partial charge is 0.168 e.